The van der Waals surface area contributed by atoms with Crippen molar-refractivity contribution < 1.29 is 17.6 Å². The van der Waals surface area contributed by atoms with Crippen molar-refractivity contribution in [2.45, 2.75) is 23.8 Å². The molecule has 0 aliphatic heterocycles. The van der Waals surface area contributed by atoms with Crippen LogP contribution < -0.4 is 11.1 Å². The van der Waals surface area contributed by atoms with E-state index in [0.717, 1.165) is 35.3 Å². The molecule has 1 aliphatic carbocycles. The van der Waals surface area contributed by atoms with E-state index >= 15 is 0 Å². The molecule has 1 fully saturated rings. The van der Waals surface area contributed by atoms with Crippen molar-refractivity contribution in [3.63, 3.8) is 0 Å². The Balaban J connectivity index is 2.11. The molecule has 1 aromatic rings. The predicted molar refractivity (Wildman–Crippen MR) is 71.8 cm³/mol. The van der Waals surface area contributed by atoms with Gasteiger partial charge in [0.05, 0.1) is 17.1 Å². The van der Waals surface area contributed by atoms with Gasteiger partial charge in [-0.3, -0.25) is 4.79 Å². The summed E-state index contributed by atoms with van der Waals surface area (Å²) in [7, 11) is -2.57. The van der Waals surface area contributed by atoms with E-state index in [2.05, 4.69) is 5.32 Å². The zero-order valence-electron chi connectivity index (χ0n) is 11.0. The van der Waals surface area contributed by atoms with Crippen molar-refractivity contribution in [3.05, 3.63) is 24.0 Å². The molecule has 0 spiro atoms. The first-order chi connectivity index (χ1) is 9.30. The number of rotatable bonds is 5. The fraction of sp³-hybridized carbons (Fsp3) is 0.417. The molecule has 0 bridgehead atoms. The summed E-state index contributed by atoms with van der Waals surface area (Å²) in [5.74, 6) is -1.04. The standard InChI is InChI=1S/C12H16FN3O3S/c1-16(7-12(17)15-8-2-3-8)20(18,19)9-4-5-10(13)11(14)6-9/h4-6,8H,2-3,7,14H2,1H3,(H,15,17). The van der Waals surface area contributed by atoms with Gasteiger partial charge in [0.1, 0.15) is 5.82 Å². The van der Waals surface area contributed by atoms with E-state index in [1.165, 1.54) is 7.05 Å². The SMILES string of the molecule is CN(CC(=O)NC1CC1)S(=O)(=O)c1ccc(F)c(N)c1. The number of carbonyl (C=O) groups is 1. The second kappa shape index (κ2) is 5.37. The number of nitrogens with one attached hydrogen (secondary N) is 1. The van der Waals surface area contributed by atoms with E-state index in [-0.39, 0.29) is 29.1 Å². The molecular weight excluding hydrogens is 285 g/mol. The van der Waals surface area contributed by atoms with E-state index in [1.54, 1.807) is 0 Å². The van der Waals surface area contributed by atoms with Crippen LogP contribution in [0.1, 0.15) is 12.8 Å². The zero-order chi connectivity index (χ0) is 14.9. The first-order valence-corrected chi connectivity index (χ1v) is 7.55. The van der Waals surface area contributed by atoms with Crippen LogP contribution in [0.2, 0.25) is 0 Å². The summed E-state index contributed by atoms with van der Waals surface area (Å²) >= 11 is 0. The zero-order valence-corrected chi connectivity index (χ0v) is 11.8. The van der Waals surface area contributed by atoms with Crippen LogP contribution >= 0.6 is 0 Å². The van der Waals surface area contributed by atoms with Gasteiger partial charge in [0.25, 0.3) is 0 Å². The van der Waals surface area contributed by atoms with Crippen LogP contribution in [-0.4, -0.2) is 38.3 Å². The van der Waals surface area contributed by atoms with Gasteiger partial charge in [0, 0.05) is 13.1 Å². The van der Waals surface area contributed by atoms with E-state index < -0.39 is 15.8 Å². The number of nitrogen functional groups attached to an aromatic ring is 1. The molecule has 2 rings (SSSR count). The summed E-state index contributed by atoms with van der Waals surface area (Å²) in [5, 5.41) is 2.70. The lowest BCUT2D eigenvalue weighted by molar-refractivity contribution is -0.121. The first-order valence-electron chi connectivity index (χ1n) is 6.11. The number of halogens is 1. The Kier molecular flexibility index (Phi) is 3.96. The Morgan fingerprint density at radius 1 is 1.50 bits per heavy atom. The minimum atomic E-state index is -3.86. The van der Waals surface area contributed by atoms with Crippen LogP contribution in [0.5, 0.6) is 0 Å². The summed E-state index contributed by atoms with van der Waals surface area (Å²) in [6, 6.07) is 3.32. The van der Waals surface area contributed by atoms with Gasteiger partial charge < -0.3 is 11.1 Å². The van der Waals surface area contributed by atoms with E-state index in [0.29, 0.717) is 0 Å². The largest absolute Gasteiger partial charge is 0.396 e. The number of likely N-dealkylation sites (N-methyl/N-ethyl adjacent to an activating group) is 1. The average Bonchev–Trinajstić information content (AvgIpc) is 3.16. The Morgan fingerprint density at radius 3 is 2.70 bits per heavy atom. The number of benzene rings is 1. The molecule has 20 heavy (non-hydrogen) atoms. The van der Waals surface area contributed by atoms with Crippen molar-refractivity contribution in [1.29, 1.82) is 0 Å². The van der Waals surface area contributed by atoms with Crippen molar-refractivity contribution in [2.24, 2.45) is 0 Å². The van der Waals surface area contributed by atoms with E-state index in [9.17, 15) is 17.6 Å². The summed E-state index contributed by atoms with van der Waals surface area (Å²) in [4.78, 5) is 11.5. The van der Waals surface area contributed by atoms with Gasteiger partial charge >= 0.3 is 0 Å². The molecule has 0 aromatic heterocycles. The highest BCUT2D eigenvalue weighted by molar-refractivity contribution is 7.89. The summed E-state index contributed by atoms with van der Waals surface area (Å²) < 4.78 is 38.4. The molecule has 0 heterocycles. The molecule has 0 unspecified atom stereocenters. The van der Waals surface area contributed by atoms with Crippen LogP contribution in [-0.2, 0) is 14.8 Å². The minimum Gasteiger partial charge on any atom is -0.396 e. The van der Waals surface area contributed by atoms with Crippen LogP contribution in [0, 0.1) is 5.82 Å². The smallest absolute Gasteiger partial charge is 0.243 e. The third kappa shape index (κ3) is 3.26. The van der Waals surface area contributed by atoms with Gasteiger partial charge in [-0.25, -0.2) is 12.8 Å². The molecule has 0 saturated heterocycles. The highest BCUT2D eigenvalue weighted by atomic mass is 32.2. The van der Waals surface area contributed by atoms with Gasteiger partial charge in [0.2, 0.25) is 15.9 Å². The molecule has 0 atom stereocenters. The number of nitrogens with two attached hydrogens (primary N) is 1. The number of carbonyl (C=O) groups excluding carboxylic acids is 1. The quantitative estimate of drug-likeness (QED) is 0.765. The maximum absolute atomic E-state index is 13.1. The molecule has 8 heteroatoms. The number of amides is 1. The van der Waals surface area contributed by atoms with Crippen LogP contribution in [0.15, 0.2) is 23.1 Å². The molecular formula is C12H16FN3O3S. The van der Waals surface area contributed by atoms with Gasteiger partial charge in [-0.05, 0) is 31.0 Å². The predicted octanol–water partition coefficient (Wildman–Crippen LogP) is 0.307. The van der Waals surface area contributed by atoms with E-state index in [1.807, 2.05) is 0 Å². The lowest BCUT2D eigenvalue weighted by atomic mass is 10.3. The van der Waals surface area contributed by atoms with Crippen LogP contribution in [0.4, 0.5) is 10.1 Å². The molecule has 1 saturated carbocycles. The Bertz CT molecular complexity index is 629. The topological polar surface area (TPSA) is 92.5 Å². The summed E-state index contributed by atoms with van der Waals surface area (Å²) in [5.41, 5.74) is 5.11. The monoisotopic (exact) mass is 301 g/mol. The second-order valence-corrected chi connectivity index (χ2v) is 6.83. The second-order valence-electron chi connectivity index (χ2n) is 4.79. The number of hydrogen-bond acceptors (Lipinski definition) is 4. The number of anilines is 1. The normalized spacial score (nSPS) is 15.3. The fourth-order valence-electron chi connectivity index (χ4n) is 1.65. The van der Waals surface area contributed by atoms with Crippen molar-refractivity contribution in [3.8, 4) is 0 Å². The Morgan fingerprint density at radius 2 is 2.15 bits per heavy atom. The molecule has 0 radical (unpaired) electrons. The maximum atomic E-state index is 13.1. The van der Waals surface area contributed by atoms with Gasteiger partial charge in [0.15, 0.2) is 0 Å². The van der Waals surface area contributed by atoms with Gasteiger partial charge in [-0.15, -0.1) is 0 Å². The molecule has 1 aliphatic rings. The summed E-state index contributed by atoms with van der Waals surface area (Å²) in [6.45, 7) is -0.282. The lowest BCUT2D eigenvalue weighted by Gasteiger charge is -2.17. The molecule has 1 aromatic carbocycles. The Labute approximate surface area is 116 Å². The maximum Gasteiger partial charge on any atom is 0.243 e. The molecule has 6 nitrogen and oxygen atoms in total. The third-order valence-corrected chi connectivity index (χ3v) is 4.78. The molecule has 3 N–H and O–H groups in total. The average molecular weight is 301 g/mol. The highest BCUT2D eigenvalue weighted by Crippen LogP contribution is 2.20. The molecule has 1 amide bonds. The van der Waals surface area contributed by atoms with Crippen LogP contribution in [0.25, 0.3) is 0 Å². The first kappa shape index (κ1) is 14.7. The van der Waals surface area contributed by atoms with Crippen molar-refractivity contribution >= 4 is 21.6 Å². The fourth-order valence-corrected chi connectivity index (χ4v) is 2.81. The van der Waals surface area contributed by atoms with Crippen LogP contribution in [0.3, 0.4) is 0 Å². The molecule has 110 valence electrons. The van der Waals surface area contributed by atoms with Gasteiger partial charge in [-0.1, -0.05) is 0 Å². The number of nitrogens with zero attached hydrogens (tertiary/aromatic N) is 1. The van der Waals surface area contributed by atoms with Crippen molar-refractivity contribution in [2.75, 3.05) is 19.3 Å². The lowest BCUT2D eigenvalue weighted by Crippen LogP contribution is -2.39. The highest BCUT2D eigenvalue weighted by Gasteiger charge is 2.27. The minimum absolute atomic E-state index is 0.141. The third-order valence-electron chi connectivity index (χ3n) is 2.98. The van der Waals surface area contributed by atoms with Crippen molar-refractivity contribution in [1.82, 2.24) is 9.62 Å². The van der Waals surface area contributed by atoms with E-state index in [4.69, 9.17) is 5.73 Å². The van der Waals surface area contributed by atoms with Gasteiger partial charge in [-0.2, -0.15) is 4.31 Å². The number of hydrogen-bond donors (Lipinski definition) is 2. The summed E-state index contributed by atoms with van der Waals surface area (Å²) in [6.07, 6.45) is 1.85. The Hall–Kier alpha value is -1.67. The number of sulfonamides is 1.